The lowest BCUT2D eigenvalue weighted by molar-refractivity contribution is -0.116. The van der Waals surface area contributed by atoms with E-state index in [1.54, 1.807) is 0 Å². The average Bonchev–Trinajstić information content (AvgIpc) is 3.23. The Hall–Kier alpha value is -3.18. The zero-order valence-corrected chi connectivity index (χ0v) is 16.9. The van der Waals surface area contributed by atoms with E-state index < -0.39 is 0 Å². The molecule has 30 heavy (non-hydrogen) atoms. The summed E-state index contributed by atoms with van der Waals surface area (Å²) in [5.74, 6) is 1.16. The Labute approximate surface area is 175 Å². The standard InChI is InChI=1S/C25H25N3O2/c29-24(26-21-12-5-8-18-7-1-2-10-20(18)21)14-16-28-15-6-9-19(17-28)25-27-22-11-3-4-13-23(22)30-25/h1-5,7-8,10-13,19H,6,9,14-17H2,(H,26,29). The predicted molar refractivity (Wildman–Crippen MR) is 120 cm³/mol. The number of hydrogen-bond donors (Lipinski definition) is 1. The molecule has 1 aliphatic rings. The summed E-state index contributed by atoms with van der Waals surface area (Å²) in [4.78, 5) is 19.6. The van der Waals surface area contributed by atoms with Crippen LogP contribution in [0.15, 0.2) is 71.1 Å². The summed E-state index contributed by atoms with van der Waals surface area (Å²) in [5, 5.41) is 5.29. The van der Waals surface area contributed by atoms with Crippen molar-refractivity contribution in [2.45, 2.75) is 25.2 Å². The molecule has 152 valence electrons. The Morgan fingerprint density at radius 3 is 2.83 bits per heavy atom. The molecule has 1 unspecified atom stereocenters. The van der Waals surface area contributed by atoms with Crippen LogP contribution in [-0.2, 0) is 4.79 Å². The van der Waals surface area contributed by atoms with Gasteiger partial charge in [0.05, 0.1) is 0 Å². The van der Waals surface area contributed by atoms with E-state index in [-0.39, 0.29) is 11.8 Å². The normalized spacial score (nSPS) is 17.4. The lowest BCUT2D eigenvalue weighted by Gasteiger charge is -2.30. The molecule has 1 N–H and O–H groups in total. The highest BCUT2D eigenvalue weighted by atomic mass is 16.3. The van der Waals surface area contributed by atoms with Gasteiger partial charge in [0, 0.05) is 36.5 Å². The quantitative estimate of drug-likeness (QED) is 0.502. The van der Waals surface area contributed by atoms with E-state index in [1.165, 1.54) is 0 Å². The Kier molecular flexibility index (Phi) is 5.20. The molecule has 1 aromatic heterocycles. The Balaban J connectivity index is 1.20. The highest BCUT2D eigenvalue weighted by Gasteiger charge is 2.25. The first-order valence-corrected chi connectivity index (χ1v) is 10.6. The van der Waals surface area contributed by atoms with Crippen LogP contribution < -0.4 is 5.32 Å². The third-order valence-corrected chi connectivity index (χ3v) is 5.88. The van der Waals surface area contributed by atoms with E-state index in [9.17, 15) is 4.79 Å². The van der Waals surface area contributed by atoms with Crippen LogP contribution in [0.5, 0.6) is 0 Å². The van der Waals surface area contributed by atoms with Gasteiger partial charge in [-0.2, -0.15) is 0 Å². The molecule has 0 bridgehead atoms. The summed E-state index contributed by atoms with van der Waals surface area (Å²) >= 11 is 0. The van der Waals surface area contributed by atoms with Crippen molar-refractivity contribution in [1.82, 2.24) is 9.88 Å². The summed E-state index contributed by atoms with van der Waals surface area (Å²) in [6.45, 7) is 2.64. The topological polar surface area (TPSA) is 58.4 Å². The van der Waals surface area contributed by atoms with Crippen LogP contribution in [0.25, 0.3) is 21.9 Å². The number of hydrogen-bond acceptors (Lipinski definition) is 4. The highest BCUT2D eigenvalue weighted by molar-refractivity contribution is 6.02. The number of amides is 1. The van der Waals surface area contributed by atoms with E-state index in [0.29, 0.717) is 6.42 Å². The predicted octanol–water partition coefficient (Wildman–Crippen LogP) is 5.19. The van der Waals surface area contributed by atoms with Gasteiger partial charge in [-0.15, -0.1) is 0 Å². The molecule has 1 saturated heterocycles. The van der Waals surface area contributed by atoms with E-state index in [0.717, 1.165) is 65.9 Å². The van der Waals surface area contributed by atoms with Crippen molar-refractivity contribution in [3.05, 3.63) is 72.6 Å². The molecule has 0 spiro atoms. The van der Waals surface area contributed by atoms with Crippen LogP contribution in [0.2, 0.25) is 0 Å². The van der Waals surface area contributed by atoms with Crippen molar-refractivity contribution >= 4 is 33.5 Å². The SMILES string of the molecule is O=C(CCN1CCCC(c2nc3ccccc3o2)C1)Nc1cccc2ccccc12. The van der Waals surface area contributed by atoms with Gasteiger partial charge < -0.3 is 14.6 Å². The van der Waals surface area contributed by atoms with E-state index >= 15 is 0 Å². The molecule has 1 fully saturated rings. The van der Waals surface area contributed by atoms with Crippen molar-refractivity contribution in [3.63, 3.8) is 0 Å². The van der Waals surface area contributed by atoms with Crippen molar-refractivity contribution < 1.29 is 9.21 Å². The monoisotopic (exact) mass is 399 g/mol. The highest BCUT2D eigenvalue weighted by Crippen LogP contribution is 2.29. The molecule has 3 aromatic carbocycles. The molecule has 1 aliphatic heterocycles. The smallest absolute Gasteiger partial charge is 0.225 e. The molecule has 0 saturated carbocycles. The molecule has 5 rings (SSSR count). The van der Waals surface area contributed by atoms with E-state index in [4.69, 9.17) is 4.42 Å². The molecular weight excluding hydrogens is 374 g/mol. The van der Waals surface area contributed by atoms with Crippen LogP contribution >= 0.6 is 0 Å². The molecule has 0 radical (unpaired) electrons. The molecule has 0 aliphatic carbocycles. The fraction of sp³-hybridized carbons (Fsp3) is 0.280. The fourth-order valence-corrected chi connectivity index (χ4v) is 4.33. The largest absolute Gasteiger partial charge is 0.440 e. The molecule has 5 heteroatoms. The van der Waals surface area contributed by atoms with Gasteiger partial charge >= 0.3 is 0 Å². The number of likely N-dealkylation sites (tertiary alicyclic amines) is 1. The summed E-state index contributed by atoms with van der Waals surface area (Å²) in [6.07, 6.45) is 2.64. The molecule has 5 nitrogen and oxygen atoms in total. The maximum absolute atomic E-state index is 12.6. The number of piperidine rings is 1. The third kappa shape index (κ3) is 3.94. The number of nitrogens with zero attached hydrogens (tertiary/aromatic N) is 2. The van der Waals surface area contributed by atoms with E-state index in [2.05, 4.69) is 27.3 Å². The first-order valence-electron chi connectivity index (χ1n) is 10.6. The second-order valence-electron chi connectivity index (χ2n) is 7.98. The number of nitrogens with one attached hydrogen (secondary N) is 1. The lowest BCUT2D eigenvalue weighted by atomic mass is 9.98. The first kappa shape index (κ1) is 18.8. The van der Waals surface area contributed by atoms with Gasteiger partial charge in [0.2, 0.25) is 5.91 Å². The van der Waals surface area contributed by atoms with Crippen molar-refractivity contribution in [2.75, 3.05) is 25.0 Å². The third-order valence-electron chi connectivity index (χ3n) is 5.88. The van der Waals surface area contributed by atoms with Gasteiger partial charge in [-0.05, 0) is 43.0 Å². The van der Waals surface area contributed by atoms with Crippen molar-refractivity contribution in [3.8, 4) is 0 Å². The Morgan fingerprint density at radius 1 is 1.07 bits per heavy atom. The number of oxazole rings is 1. The summed E-state index contributed by atoms with van der Waals surface area (Å²) < 4.78 is 5.98. The molecular formula is C25H25N3O2. The van der Waals surface area contributed by atoms with Crippen molar-refractivity contribution in [2.24, 2.45) is 0 Å². The molecule has 1 atom stereocenters. The number of para-hydroxylation sites is 2. The number of anilines is 1. The molecule has 4 aromatic rings. The molecule has 2 heterocycles. The van der Waals surface area contributed by atoms with Crippen molar-refractivity contribution in [1.29, 1.82) is 0 Å². The van der Waals surface area contributed by atoms with Crippen LogP contribution in [0.4, 0.5) is 5.69 Å². The Bertz CT molecular complexity index is 1140. The van der Waals surface area contributed by atoms with Gasteiger partial charge in [-0.25, -0.2) is 4.98 Å². The van der Waals surface area contributed by atoms with Crippen LogP contribution in [-0.4, -0.2) is 35.4 Å². The van der Waals surface area contributed by atoms with Gasteiger partial charge in [-0.1, -0.05) is 48.5 Å². The number of benzene rings is 3. The van der Waals surface area contributed by atoms with Crippen LogP contribution in [0.1, 0.15) is 31.1 Å². The maximum atomic E-state index is 12.6. The minimum absolute atomic E-state index is 0.0512. The van der Waals surface area contributed by atoms with Gasteiger partial charge in [-0.3, -0.25) is 4.79 Å². The minimum atomic E-state index is 0.0512. The summed E-state index contributed by atoms with van der Waals surface area (Å²) in [6, 6.07) is 22.0. The second-order valence-corrected chi connectivity index (χ2v) is 7.98. The number of rotatable bonds is 5. The maximum Gasteiger partial charge on any atom is 0.225 e. The van der Waals surface area contributed by atoms with Crippen LogP contribution in [0.3, 0.4) is 0 Å². The number of aromatic nitrogens is 1. The fourth-order valence-electron chi connectivity index (χ4n) is 4.33. The van der Waals surface area contributed by atoms with Crippen LogP contribution in [0, 0.1) is 0 Å². The van der Waals surface area contributed by atoms with Gasteiger partial charge in [0.1, 0.15) is 5.52 Å². The zero-order valence-electron chi connectivity index (χ0n) is 16.9. The zero-order chi connectivity index (χ0) is 20.3. The van der Waals surface area contributed by atoms with Gasteiger partial charge in [0.15, 0.2) is 11.5 Å². The number of fused-ring (bicyclic) bond motifs is 2. The molecule has 1 amide bonds. The summed E-state index contributed by atoms with van der Waals surface area (Å²) in [7, 11) is 0. The number of carbonyl (C=O) groups excluding carboxylic acids is 1. The average molecular weight is 399 g/mol. The number of carbonyl (C=O) groups is 1. The lowest BCUT2D eigenvalue weighted by Crippen LogP contribution is -2.36. The minimum Gasteiger partial charge on any atom is -0.440 e. The van der Waals surface area contributed by atoms with Gasteiger partial charge in [0.25, 0.3) is 0 Å². The second kappa shape index (κ2) is 8.28. The Morgan fingerprint density at radius 2 is 1.90 bits per heavy atom. The summed E-state index contributed by atoms with van der Waals surface area (Å²) in [5.41, 5.74) is 2.64. The first-order chi connectivity index (χ1) is 14.8. The van der Waals surface area contributed by atoms with E-state index in [1.807, 2.05) is 54.6 Å².